The Morgan fingerprint density at radius 3 is 2.25 bits per heavy atom. The average molecular weight is 193 g/mol. The van der Waals surface area contributed by atoms with Crippen molar-refractivity contribution in [1.29, 1.82) is 0 Å². The number of anilines is 1. The summed E-state index contributed by atoms with van der Waals surface area (Å²) < 4.78 is 37.5. The summed E-state index contributed by atoms with van der Waals surface area (Å²) in [5, 5.41) is -0.661. The molecule has 0 aromatic carbocycles. The fourth-order valence-corrected chi connectivity index (χ4v) is 1.10. The Morgan fingerprint density at radius 2 is 2.00 bits per heavy atom. The highest BCUT2D eigenvalue weighted by atomic mass is 32.3. The lowest BCUT2D eigenvalue weighted by molar-refractivity contribution is 0.437. The summed E-state index contributed by atoms with van der Waals surface area (Å²) in [4.78, 5) is 1.54. The van der Waals surface area contributed by atoms with Crippen LogP contribution in [-0.2, 0) is 10.2 Å². The first kappa shape index (κ1) is 9.05. The summed E-state index contributed by atoms with van der Waals surface area (Å²) >= 11 is 0. The zero-order valence-corrected chi connectivity index (χ0v) is 7.43. The third-order valence-corrected chi connectivity index (χ3v) is 1.95. The number of hydrogen-bond acceptors (Lipinski definition) is 4. The summed E-state index contributed by atoms with van der Waals surface area (Å²) in [6, 6.07) is 2.46. The molecule has 0 aliphatic rings. The number of hydrogen-bond donors (Lipinski definition) is 0. The Labute approximate surface area is 69.8 Å². The molecule has 0 bridgehead atoms. The summed E-state index contributed by atoms with van der Waals surface area (Å²) in [6.07, 6.45) is 0. The van der Waals surface area contributed by atoms with Crippen LogP contribution in [0.5, 0.6) is 0 Å². The van der Waals surface area contributed by atoms with Crippen molar-refractivity contribution in [2.45, 2.75) is 5.09 Å². The van der Waals surface area contributed by atoms with Crippen molar-refractivity contribution >= 4 is 16.1 Å². The SMILES string of the molecule is CN(C)c1ccc(S(=O)(=O)F)o1. The first-order valence-corrected chi connectivity index (χ1v) is 4.51. The maximum absolute atomic E-state index is 12.3. The average Bonchev–Trinajstić information content (AvgIpc) is 2.30. The minimum Gasteiger partial charge on any atom is -0.426 e. The van der Waals surface area contributed by atoms with Gasteiger partial charge in [0.15, 0.2) is 5.88 Å². The summed E-state index contributed by atoms with van der Waals surface area (Å²) in [6.45, 7) is 0. The second kappa shape index (κ2) is 2.78. The van der Waals surface area contributed by atoms with Crippen molar-refractivity contribution in [2.24, 2.45) is 0 Å². The Kier molecular flexibility index (Phi) is 2.10. The van der Waals surface area contributed by atoms with E-state index < -0.39 is 15.3 Å². The van der Waals surface area contributed by atoms with Crippen LogP contribution in [0.25, 0.3) is 0 Å². The molecule has 68 valence electrons. The van der Waals surface area contributed by atoms with Crippen molar-refractivity contribution in [3.63, 3.8) is 0 Å². The van der Waals surface area contributed by atoms with Gasteiger partial charge in [-0.05, 0) is 0 Å². The maximum atomic E-state index is 12.3. The summed E-state index contributed by atoms with van der Waals surface area (Å²) in [5.74, 6) is 0.297. The van der Waals surface area contributed by atoms with Gasteiger partial charge in [0.2, 0.25) is 0 Å². The first-order chi connectivity index (χ1) is 5.41. The lowest BCUT2D eigenvalue weighted by Gasteiger charge is -2.05. The van der Waals surface area contributed by atoms with Crippen molar-refractivity contribution in [2.75, 3.05) is 19.0 Å². The molecule has 0 atom stereocenters. The largest absolute Gasteiger partial charge is 0.426 e. The molecular formula is C6H8FNO3S. The number of rotatable bonds is 2. The van der Waals surface area contributed by atoms with E-state index in [0.717, 1.165) is 6.07 Å². The number of furan rings is 1. The van der Waals surface area contributed by atoms with Crippen molar-refractivity contribution < 1.29 is 16.7 Å². The lowest BCUT2D eigenvalue weighted by Crippen LogP contribution is -2.06. The van der Waals surface area contributed by atoms with Crippen LogP contribution in [0.3, 0.4) is 0 Å². The molecule has 0 fully saturated rings. The molecule has 12 heavy (non-hydrogen) atoms. The minimum atomic E-state index is -4.71. The Hall–Kier alpha value is -1.04. The molecule has 1 aromatic rings. The maximum Gasteiger partial charge on any atom is 0.365 e. The van der Waals surface area contributed by atoms with Gasteiger partial charge >= 0.3 is 10.2 Å². The van der Waals surface area contributed by atoms with Crippen LogP contribution in [0.15, 0.2) is 21.6 Å². The van der Waals surface area contributed by atoms with Gasteiger partial charge in [-0.1, -0.05) is 3.89 Å². The third-order valence-electron chi connectivity index (χ3n) is 1.25. The lowest BCUT2D eigenvalue weighted by atomic mass is 10.6. The van der Waals surface area contributed by atoms with Gasteiger partial charge in [-0.25, -0.2) is 0 Å². The van der Waals surface area contributed by atoms with Gasteiger partial charge < -0.3 is 9.32 Å². The molecule has 1 rings (SSSR count). The minimum absolute atomic E-state index is 0.297. The fraction of sp³-hybridized carbons (Fsp3) is 0.333. The predicted molar refractivity (Wildman–Crippen MR) is 41.3 cm³/mol. The molecule has 0 saturated heterocycles. The van der Waals surface area contributed by atoms with E-state index in [1.54, 1.807) is 14.1 Å². The van der Waals surface area contributed by atoms with E-state index in [2.05, 4.69) is 4.42 Å². The molecule has 0 N–H and O–H groups in total. The van der Waals surface area contributed by atoms with E-state index in [4.69, 9.17) is 0 Å². The van der Waals surface area contributed by atoms with E-state index in [1.165, 1.54) is 11.0 Å². The highest BCUT2D eigenvalue weighted by Gasteiger charge is 2.17. The van der Waals surface area contributed by atoms with Crippen LogP contribution in [0.4, 0.5) is 9.77 Å². The third kappa shape index (κ3) is 1.76. The second-order valence-electron chi connectivity index (χ2n) is 2.42. The second-order valence-corrected chi connectivity index (χ2v) is 3.70. The first-order valence-electron chi connectivity index (χ1n) is 3.13. The monoisotopic (exact) mass is 193 g/mol. The standard InChI is InChI=1S/C6H8FNO3S/c1-8(2)5-3-4-6(11-5)12(7,9)10/h3-4H,1-2H3. The van der Waals surface area contributed by atoms with Crippen molar-refractivity contribution in [1.82, 2.24) is 0 Å². The van der Waals surface area contributed by atoms with E-state index >= 15 is 0 Å². The van der Waals surface area contributed by atoms with Crippen LogP contribution in [-0.4, -0.2) is 22.5 Å². The molecule has 0 aliphatic carbocycles. The van der Waals surface area contributed by atoms with Gasteiger partial charge in [-0.3, -0.25) is 0 Å². The van der Waals surface area contributed by atoms with E-state index in [0.29, 0.717) is 5.88 Å². The van der Waals surface area contributed by atoms with Gasteiger partial charge in [0.05, 0.1) is 0 Å². The van der Waals surface area contributed by atoms with Crippen molar-refractivity contribution in [3.8, 4) is 0 Å². The zero-order chi connectivity index (χ0) is 9.35. The van der Waals surface area contributed by atoms with E-state index in [1.807, 2.05) is 0 Å². The Bertz CT molecular complexity index is 368. The van der Waals surface area contributed by atoms with Crippen LogP contribution in [0.1, 0.15) is 0 Å². The predicted octanol–water partition coefficient (Wildman–Crippen LogP) is 1.00. The number of halogens is 1. The van der Waals surface area contributed by atoms with Gasteiger partial charge in [0.25, 0.3) is 5.09 Å². The molecule has 1 heterocycles. The fourth-order valence-electron chi connectivity index (χ4n) is 0.682. The normalized spacial score (nSPS) is 11.6. The molecule has 0 spiro atoms. The van der Waals surface area contributed by atoms with Gasteiger partial charge in [-0.2, -0.15) is 8.42 Å². The van der Waals surface area contributed by atoms with Crippen LogP contribution >= 0.6 is 0 Å². The van der Waals surface area contributed by atoms with E-state index in [-0.39, 0.29) is 0 Å². The molecule has 6 heteroatoms. The molecule has 0 aliphatic heterocycles. The highest BCUT2D eigenvalue weighted by molar-refractivity contribution is 7.86. The van der Waals surface area contributed by atoms with Crippen LogP contribution in [0.2, 0.25) is 0 Å². The molecule has 0 unspecified atom stereocenters. The summed E-state index contributed by atoms with van der Waals surface area (Å²) in [5.41, 5.74) is 0. The van der Waals surface area contributed by atoms with Crippen LogP contribution in [0, 0.1) is 0 Å². The molecule has 4 nitrogen and oxygen atoms in total. The topological polar surface area (TPSA) is 50.5 Å². The molecule has 0 saturated carbocycles. The molecule has 0 radical (unpaired) electrons. The van der Waals surface area contributed by atoms with Gasteiger partial charge in [-0.15, -0.1) is 0 Å². The summed E-state index contributed by atoms with van der Waals surface area (Å²) in [7, 11) is -1.39. The molecule has 1 aromatic heterocycles. The zero-order valence-electron chi connectivity index (χ0n) is 6.61. The smallest absolute Gasteiger partial charge is 0.365 e. The van der Waals surface area contributed by atoms with Gasteiger partial charge in [0.1, 0.15) is 0 Å². The molecule has 0 amide bonds. The van der Waals surface area contributed by atoms with Crippen molar-refractivity contribution in [3.05, 3.63) is 12.1 Å². The van der Waals surface area contributed by atoms with Gasteiger partial charge in [0, 0.05) is 26.2 Å². The quantitative estimate of drug-likeness (QED) is 0.657. The highest BCUT2D eigenvalue weighted by Crippen LogP contribution is 2.21. The Morgan fingerprint density at radius 1 is 1.42 bits per heavy atom. The number of nitrogens with zero attached hydrogens (tertiary/aromatic N) is 1. The Balaban J connectivity index is 3.09. The molecular weight excluding hydrogens is 185 g/mol. The van der Waals surface area contributed by atoms with E-state index in [9.17, 15) is 12.3 Å². The van der Waals surface area contributed by atoms with Crippen LogP contribution < -0.4 is 4.90 Å².